The standard InChI is InChI=1S/C11H12F2N2O/c1-11(2)5-14-8-4-6(12)3-7(13)9(8)15-10(11)16/h3-4,14H,5H2,1-2H3,(H,15,16). The van der Waals surface area contributed by atoms with Gasteiger partial charge in [-0.05, 0) is 19.9 Å². The van der Waals surface area contributed by atoms with E-state index in [-0.39, 0.29) is 17.3 Å². The monoisotopic (exact) mass is 226 g/mol. The minimum absolute atomic E-state index is 0.0111. The van der Waals surface area contributed by atoms with Gasteiger partial charge < -0.3 is 10.6 Å². The number of nitrogens with one attached hydrogen (secondary N) is 2. The minimum atomic E-state index is -0.770. The molecule has 2 N–H and O–H groups in total. The topological polar surface area (TPSA) is 41.1 Å². The molecule has 1 aliphatic rings. The molecule has 0 radical (unpaired) electrons. The molecule has 1 aliphatic heterocycles. The maximum Gasteiger partial charge on any atom is 0.231 e. The van der Waals surface area contributed by atoms with Gasteiger partial charge in [0.25, 0.3) is 0 Å². The number of fused-ring (bicyclic) bond motifs is 1. The molecule has 16 heavy (non-hydrogen) atoms. The molecule has 1 aromatic rings. The van der Waals surface area contributed by atoms with Crippen molar-refractivity contribution in [1.29, 1.82) is 0 Å². The van der Waals surface area contributed by atoms with E-state index in [1.54, 1.807) is 13.8 Å². The highest BCUT2D eigenvalue weighted by molar-refractivity contribution is 5.99. The summed E-state index contributed by atoms with van der Waals surface area (Å²) in [5.41, 5.74) is -0.379. The fourth-order valence-electron chi connectivity index (χ4n) is 1.52. The molecule has 0 aromatic heterocycles. The van der Waals surface area contributed by atoms with Crippen molar-refractivity contribution < 1.29 is 13.6 Å². The summed E-state index contributed by atoms with van der Waals surface area (Å²) in [6.07, 6.45) is 0. The Hall–Kier alpha value is -1.65. The first-order valence-electron chi connectivity index (χ1n) is 4.94. The number of hydrogen-bond donors (Lipinski definition) is 2. The summed E-state index contributed by atoms with van der Waals surface area (Å²) >= 11 is 0. The number of benzene rings is 1. The van der Waals surface area contributed by atoms with E-state index in [0.29, 0.717) is 6.54 Å². The Labute approximate surface area is 91.8 Å². The van der Waals surface area contributed by atoms with E-state index >= 15 is 0 Å². The van der Waals surface area contributed by atoms with Crippen LogP contribution in [0.25, 0.3) is 0 Å². The van der Waals surface area contributed by atoms with Crippen LogP contribution in [0.3, 0.4) is 0 Å². The highest BCUT2D eigenvalue weighted by Crippen LogP contribution is 2.32. The third-order valence-electron chi connectivity index (χ3n) is 2.63. The van der Waals surface area contributed by atoms with Crippen LogP contribution in [0, 0.1) is 17.0 Å². The Kier molecular flexibility index (Phi) is 2.33. The van der Waals surface area contributed by atoms with E-state index < -0.39 is 17.0 Å². The third-order valence-corrected chi connectivity index (χ3v) is 2.63. The number of rotatable bonds is 0. The molecule has 0 fully saturated rings. The maximum absolute atomic E-state index is 13.4. The second-order valence-corrected chi connectivity index (χ2v) is 4.50. The summed E-state index contributed by atoms with van der Waals surface area (Å²) in [5.74, 6) is -1.73. The Balaban J connectivity index is 2.49. The smallest absolute Gasteiger partial charge is 0.231 e. The van der Waals surface area contributed by atoms with Crippen LogP contribution in [0.4, 0.5) is 20.2 Å². The molecule has 0 bridgehead atoms. The molecule has 86 valence electrons. The summed E-state index contributed by atoms with van der Waals surface area (Å²) in [7, 11) is 0. The molecular formula is C11H12F2N2O. The van der Waals surface area contributed by atoms with Crippen LogP contribution in [0.2, 0.25) is 0 Å². The largest absolute Gasteiger partial charge is 0.382 e. The number of carbonyl (C=O) groups excluding carboxylic acids is 1. The van der Waals surface area contributed by atoms with Crippen LogP contribution in [0.1, 0.15) is 13.8 Å². The van der Waals surface area contributed by atoms with Crippen molar-refractivity contribution in [3.63, 3.8) is 0 Å². The van der Waals surface area contributed by atoms with Crippen molar-refractivity contribution in [1.82, 2.24) is 0 Å². The third kappa shape index (κ3) is 1.73. The van der Waals surface area contributed by atoms with Crippen molar-refractivity contribution in [3.05, 3.63) is 23.8 Å². The lowest BCUT2D eigenvalue weighted by atomic mass is 9.93. The van der Waals surface area contributed by atoms with Crippen LogP contribution < -0.4 is 10.6 Å². The lowest BCUT2D eigenvalue weighted by Gasteiger charge is -2.19. The fraction of sp³-hybridized carbons (Fsp3) is 0.364. The first-order valence-corrected chi connectivity index (χ1v) is 4.94. The second kappa shape index (κ2) is 3.43. The minimum Gasteiger partial charge on any atom is -0.382 e. The SMILES string of the molecule is CC1(C)CNc2cc(F)cc(F)c2NC1=O. The zero-order valence-electron chi connectivity index (χ0n) is 9.03. The van der Waals surface area contributed by atoms with Crippen molar-refractivity contribution in [2.45, 2.75) is 13.8 Å². The normalized spacial score (nSPS) is 18.1. The van der Waals surface area contributed by atoms with Crippen LogP contribution in [0.15, 0.2) is 12.1 Å². The van der Waals surface area contributed by atoms with E-state index in [1.807, 2.05) is 0 Å². The zero-order valence-corrected chi connectivity index (χ0v) is 9.03. The summed E-state index contributed by atoms with van der Waals surface area (Å²) in [4.78, 5) is 11.7. The lowest BCUT2D eigenvalue weighted by Crippen LogP contribution is -2.34. The summed E-state index contributed by atoms with van der Waals surface area (Å²) in [6, 6.07) is 1.92. The van der Waals surface area contributed by atoms with E-state index in [0.717, 1.165) is 6.07 Å². The van der Waals surface area contributed by atoms with Crippen molar-refractivity contribution in [2.24, 2.45) is 5.41 Å². The lowest BCUT2D eigenvalue weighted by molar-refractivity contribution is -0.123. The average Bonchev–Trinajstić information content (AvgIpc) is 2.28. The Morgan fingerprint density at radius 3 is 2.69 bits per heavy atom. The number of carbonyl (C=O) groups is 1. The van der Waals surface area contributed by atoms with Gasteiger partial charge in [0.15, 0.2) is 5.82 Å². The summed E-state index contributed by atoms with van der Waals surface area (Å²) in [6.45, 7) is 3.79. The molecule has 3 nitrogen and oxygen atoms in total. The molecule has 1 heterocycles. The number of amides is 1. The van der Waals surface area contributed by atoms with Gasteiger partial charge in [-0.25, -0.2) is 8.78 Å². The van der Waals surface area contributed by atoms with Gasteiger partial charge >= 0.3 is 0 Å². The molecule has 2 rings (SSSR count). The first-order chi connectivity index (χ1) is 7.40. The van der Waals surface area contributed by atoms with Crippen molar-refractivity contribution >= 4 is 17.3 Å². The van der Waals surface area contributed by atoms with Gasteiger partial charge in [0.2, 0.25) is 5.91 Å². The van der Waals surface area contributed by atoms with E-state index in [1.165, 1.54) is 6.07 Å². The van der Waals surface area contributed by atoms with Crippen LogP contribution >= 0.6 is 0 Å². The maximum atomic E-state index is 13.4. The molecule has 0 saturated carbocycles. The first kappa shape index (κ1) is 10.9. The molecular weight excluding hydrogens is 214 g/mol. The Morgan fingerprint density at radius 1 is 1.31 bits per heavy atom. The van der Waals surface area contributed by atoms with Gasteiger partial charge in [-0.1, -0.05) is 0 Å². The molecule has 0 aliphatic carbocycles. The van der Waals surface area contributed by atoms with Crippen molar-refractivity contribution in [2.75, 3.05) is 17.2 Å². The summed E-state index contributed by atoms with van der Waals surface area (Å²) in [5, 5.41) is 5.33. The Morgan fingerprint density at radius 2 is 2.00 bits per heavy atom. The van der Waals surface area contributed by atoms with Gasteiger partial charge in [-0.15, -0.1) is 0 Å². The molecule has 5 heteroatoms. The quantitative estimate of drug-likeness (QED) is 0.713. The molecule has 0 spiro atoms. The van der Waals surface area contributed by atoms with Gasteiger partial charge in [-0.2, -0.15) is 0 Å². The highest BCUT2D eigenvalue weighted by atomic mass is 19.1. The predicted molar refractivity (Wildman–Crippen MR) is 57.3 cm³/mol. The number of hydrogen-bond acceptors (Lipinski definition) is 2. The molecule has 0 atom stereocenters. The predicted octanol–water partition coefficient (Wildman–Crippen LogP) is 2.35. The Bertz CT molecular complexity index is 458. The second-order valence-electron chi connectivity index (χ2n) is 4.50. The molecule has 0 saturated heterocycles. The average molecular weight is 226 g/mol. The van der Waals surface area contributed by atoms with Gasteiger partial charge in [-0.3, -0.25) is 4.79 Å². The van der Waals surface area contributed by atoms with Crippen LogP contribution in [-0.4, -0.2) is 12.5 Å². The zero-order chi connectivity index (χ0) is 11.9. The van der Waals surface area contributed by atoms with Crippen LogP contribution in [0.5, 0.6) is 0 Å². The molecule has 0 unspecified atom stereocenters. The van der Waals surface area contributed by atoms with E-state index in [4.69, 9.17) is 0 Å². The van der Waals surface area contributed by atoms with Crippen molar-refractivity contribution in [3.8, 4) is 0 Å². The van der Waals surface area contributed by atoms with Gasteiger partial charge in [0.1, 0.15) is 11.5 Å². The van der Waals surface area contributed by atoms with E-state index in [2.05, 4.69) is 10.6 Å². The highest BCUT2D eigenvalue weighted by Gasteiger charge is 2.32. The molecule has 1 amide bonds. The number of anilines is 2. The number of halogens is 2. The summed E-state index contributed by atoms with van der Waals surface area (Å²) < 4.78 is 26.4. The van der Waals surface area contributed by atoms with Crippen LogP contribution in [-0.2, 0) is 4.79 Å². The molecule has 1 aromatic carbocycles. The van der Waals surface area contributed by atoms with E-state index in [9.17, 15) is 13.6 Å². The van der Waals surface area contributed by atoms with Gasteiger partial charge in [0.05, 0.1) is 11.1 Å². The van der Waals surface area contributed by atoms with Gasteiger partial charge in [0, 0.05) is 12.6 Å². The fourth-order valence-corrected chi connectivity index (χ4v) is 1.52.